The summed E-state index contributed by atoms with van der Waals surface area (Å²) in [6.45, 7) is 4.63. The molecule has 4 nitrogen and oxygen atoms in total. The fraction of sp³-hybridized carbons (Fsp3) is 0.429. The minimum atomic E-state index is 0.343. The molecule has 2 rings (SSSR count). The summed E-state index contributed by atoms with van der Waals surface area (Å²) < 4.78 is 4.96. The molecule has 4 heteroatoms. The molecule has 0 amide bonds. The second kappa shape index (κ2) is 6.31. The van der Waals surface area contributed by atoms with Crippen LogP contribution in [0.15, 0.2) is 34.9 Å². The average Bonchev–Trinajstić information content (AvgIpc) is 2.81. The van der Waals surface area contributed by atoms with E-state index in [9.17, 15) is 0 Å². The lowest BCUT2D eigenvalue weighted by atomic mass is 10.0. The number of aromatic nitrogens is 2. The summed E-state index contributed by atoms with van der Waals surface area (Å²) in [5.41, 5.74) is 1.31. The van der Waals surface area contributed by atoms with Crippen molar-refractivity contribution in [3.63, 3.8) is 0 Å². The van der Waals surface area contributed by atoms with Crippen molar-refractivity contribution in [3.8, 4) is 0 Å². The second-order valence-corrected chi connectivity index (χ2v) is 4.36. The van der Waals surface area contributed by atoms with Gasteiger partial charge in [0.25, 0.3) is 0 Å². The Kier molecular flexibility index (Phi) is 4.47. The average molecular weight is 245 g/mol. The predicted octanol–water partition coefficient (Wildman–Crippen LogP) is 3.01. The molecule has 1 atom stereocenters. The van der Waals surface area contributed by atoms with E-state index in [-0.39, 0.29) is 0 Å². The van der Waals surface area contributed by atoms with Crippen LogP contribution in [0.3, 0.4) is 0 Å². The molecule has 0 fully saturated rings. The van der Waals surface area contributed by atoms with E-state index in [0.717, 1.165) is 12.8 Å². The molecule has 1 unspecified atom stereocenters. The van der Waals surface area contributed by atoms with Crippen LogP contribution in [-0.4, -0.2) is 10.1 Å². The Morgan fingerprint density at radius 3 is 2.67 bits per heavy atom. The highest BCUT2D eigenvalue weighted by Crippen LogP contribution is 2.18. The van der Waals surface area contributed by atoms with Crippen molar-refractivity contribution in [2.75, 3.05) is 0 Å². The molecule has 18 heavy (non-hydrogen) atoms. The standard InChI is InChI=1S/C14H19N3O/c1-3-7-13(12-8-5-4-6-9-12)15-10-14-16-11(2)18-17-14/h4-6,8-9,13,15H,3,7,10H2,1-2H3. The molecule has 0 radical (unpaired) electrons. The number of hydrogen-bond donors (Lipinski definition) is 1. The predicted molar refractivity (Wildman–Crippen MR) is 70.0 cm³/mol. The van der Waals surface area contributed by atoms with Gasteiger partial charge in [0.2, 0.25) is 5.89 Å². The first-order valence-corrected chi connectivity index (χ1v) is 6.37. The van der Waals surface area contributed by atoms with Crippen LogP contribution in [0.5, 0.6) is 0 Å². The molecule has 0 bridgehead atoms. The molecule has 2 aromatic rings. The van der Waals surface area contributed by atoms with Gasteiger partial charge in [0, 0.05) is 13.0 Å². The number of hydrogen-bond acceptors (Lipinski definition) is 4. The number of nitrogens with zero attached hydrogens (tertiary/aromatic N) is 2. The van der Waals surface area contributed by atoms with Crippen LogP contribution in [0.25, 0.3) is 0 Å². The van der Waals surface area contributed by atoms with E-state index in [2.05, 4.69) is 46.6 Å². The van der Waals surface area contributed by atoms with Crippen LogP contribution in [0.2, 0.25) is 0 Å². The van der Waals surface area contributed by atoms with Gasteiger partial charge in [-0.2, -0.15) is 4.98 Å². The van der Waals surface area contributed by atoms with Gasteiger partial charge in [-0.3, -0.25) is 0 Å². The normalized spacial score (nSPS) is 12.6. The first-order valence-electron chi connectivity index (χ1n) is 6.37. The molecule has 0 spiro atoms. The summed E-state index contributed by atoms with van der Waals surface area (Å²) in [4.78, 5) is 4.20. The second-order valence-electron chi connectivity index (χ2n) is 4.36. The van der Waals surface area contributed by atoms with Crippen LogP contribution < -0.4 is 5.32 Å². The van der Waals surface area contributed by atoms with E-state index >= 15 is 0 Å². The van der Waals surface area contributed by atoms with Crippen molar-refractivity contribution >= 4 is 0 Å². The van der Waals surface area contributed by atoms with Crippen LogP contribution in [-0.2, 0) is 6.54 Å². The van der Waals surface area contributed by atoms with Crippen molar-refractivity contribution in [2.24, 2.45) is 0 Å². The Morgan fingerprint density at radius 2 is 2.06 bits per heavy atom. The smallest absolute Gasteiger partial charge is 0.223 e. The Morgan fingerprint density at radius 1 is 1.28 bits per heavy atom. The zero-order valence-electron chi connectivity index (χ0n) is 10.9. The summed E-state index contributed by atoms with van der Waals surface area (Å²) in [6, 6.07) is 10.8. The van der Waals surface area contributed by atoms with Crippen molar-refractivity contribution < 1.29 is 4.52 Å². The molecule has 1 heterocycles. The van der Waals surface area contributed by atoms with Crippen molar-refractivity contribution in [1.82, 2.24) is 15.5 Å². The highest BCUT2D eigenvalue weighted by Gasteiger charge is 2.11. The van der Waals surface area contributed by atoms with E-state index in [0.29, 0.717) is 24.3 Å². The maximum atomic E-state index is 4.96. The van der Waals surface area contributed by atoms with Gasteiger partial charge in [-0.15, -0.1) is 0 Å². The third-order valence-electron chi connectivity index (χ3n) is 2.86. The third-order valence-corrected chi connectivity index (χ3v) is 2.86. The van der Waals surface area contributed by atoms with Gasteiger partial charge in [0.1, 0.15) is 0 Å². The molecular weight excluding hydrogens is 226 g/mol. The minimum Gasteiger partial charge on any atom is -0.340 e. The largest absolute Gasteiger partial charge is 0.340 e. The maximum absolute atomic E-state index is 4.96. The molecule has 0 aliphatic rings. The summed E-state index contributed by atoms with van der Waals surface area (Å²) in [6.07, 6.45) is 2.23. The number of aryl methyl sites for hydroxylation is 1. The van der Waals surface area contributed by atoms with Gasteiger partial charge in [-0.25, -0.2) is 0 Å². The molecule has 0 saturated carbocycles. The van der Waals surface area contributed by atoms with E-state index < -0.39 is 0 Å². The number of benzene rings is 1. The van der Waals surface area contributed by atoms with Crippen molar-refractivity contribution in [3.05, 3.63) is 47.6 Å². The first-order chi connectivity index (χ1) is 8.79. The quantitative estimate of drug-likeness (QED) is 0.850. The van der Waals surface area contributed by atoms with Crippen LogP contribution in [0, 0.1) is 6.92 Å². The maximum Gasteiger partial charge on any atom is 0.223 e. The molecular formula is C14H19N3O. The highest BCUT2D eigenvalue weighted by atomic mass is 16.5. The van der Waals surface area contributed by atoms with E-state index in [1.165, 1.54) is 5.56 Å². The molecule has 96 valence electrons. The van der Waals surface area contributed by atoms with E-state index in [1.54, 1.807) is 6.92 Å². The fourth-order valence-electron chi connectivity index (χ4n) is 1.99. The zero-order valence-corrected chi connectivity index (χ0v) is 10.9. The molecule has 0 aliphatic carbocycles. The van der Waals surface area contributed by atoms with Gasteiger partial charge in [-0.1, -0.05) is 48.8 Å². The molecule has 1 N–H and O–H groups in total. The van der Waals surface area contributed by atoms with E-state index in [1.807, 2.05) is 6.07 Å². The first kappa shape index (κ1) is 12.8. The SMILES string of the molecule is CCCC(NCc1noc(C)n1)c1ccccc1. The lowest BCUT2D eigenvalue weighted by Crippen LogP contribution is -2.21. The number of rotatable bonds is 6. The Balaban J connectivity index is 1.98. The zero-order chi connectivity index (χ0) is 12.8. The van der Waals surface area contributed by atoms with E-state index in [4.69, 9.17) is 4.52 Å². The third kappa shape index (κ3) is 3.40. The molecule has 1 aromatic carbocycles. The van der Waals surface area contributed by atoms with Crippen LogP contribution >= 0.6 is 0 Å². The van der Waals surface area contributed by atoms with Gasteiger partial charge >= 0.3 is 0 Å². The lowest BCUT2D eigenvalue weighted by Gasteiger charge is -2.17. The topological polar surface area (TPSA) is 51.0 Å². The Bertz CT molecular complexity index is 467. The lowest BCUT2D eigenvalue weighted by molar-refractivity contribution is 0.382. The van der Waals surface area contributed by atoms with Gasteiger partial charge < -0.3 is 9.84 Å². The van der Waals surface area contributed by atoms with Crippen molar-refractivity contribution in [1.29, 1.82) is 0 Å². The fourth-order valence-corrected chi connectivity index (χ4v) is 1.99. The highest BCUT2D eigenvalue weighted by molar-refractivity contribution is 5.18. The molecule has 0 aliphatic heterocycles. The molecule has 0 saturated heterocycles. The Labute approximate surface area is 107 Å². The van der Waals surface area contributed by atoms with Crippen LogP contribution in [0.1, 0.15) is 43.1 Å². The van der Waals surface area contributed by atoms with Crippen molar-refractivity contribution in [2.45, 2.75) is 39.3 Å². The van der Waals surface area contributed by atoms with Gasteiger partial charge in [0.05, 0.1) is 6.54 Å². The Hall–Kier alpha value is -1.68. The summed E-state index contributed by atoms with van der Waals surface area (Å²) in [7, 11) is 0. The van der Waals surface area contributed by atoms with Crippen LogP contribution in [0.4, 0.5) is 0 Å². The minimum absolute atomic E-state index is 0.343. The van der Waals surface area contributed by atoms with Gasteiger partial charge in [0.15, 0.2) is 5.82 Å². The molecule has 1 aromatic heterocycles. The summed E-state index contributed by atoms with van der Waals surface area (Å²) in [5.74, 6) is 1.32. The summed E-state index contributed by atoms with van der Waals surface area (Å²) in [5, 5.41) is 7.37. The number of nitrogens with one attached hydrogen (secondary N) is 1. The van der Waals surface area contributed by atoms with Gasteiger partial charge in [-0.05, 0) is 12.0 Å². The monoisotopic (exact) mass is 245 g/mol. The summed E-state index contributed by atoms with van der Waals surface area (Å²) >= 11 is 0.